The molecule has 0 radical (unpaired) electrons. The topological polar surface area (TPSA) is 87.7 Å². The van der Waals surface area contributed by atoms with Gasteiger partial charge in [0.25, 0.3) is 0 Å². The number of anilines is 1. The fourth-order valence-electron chi connectivity index (χ4n) is 3.89. The monoisotopic (exact) mass is 479 g/mol. The molecule has 2 N–H and O–H groups in total. The number of nitrogens with one attached hydrogen (secondary N) is 2. The second kappa shape index (κ2) is 10.3. The lowest BCUT2D eigenvalue weighted by Crippen LogP contribution is -2.46. The summed E-state index contributed by atoms with van der Waals surface area (Å²) in [5.41, 5.74) is 2.31. The van der Waals surface area contributed by atoms with Crippen LogP contribution in [0, 0.1) is 11.6 Å². The highest BCUT2D eigenvalue weighted by Crippen LogP contribution is 2.35. The smallest absolute Gasteiger partial charge is 0.411 e. The summed E-state index contributed by atoms with van der Waals surface area (Å²) in [5, 5.41) is 5.46. The van der Waals surface area contributed by atoms with E-state index in [2.05, 4.69) is 10.6 Å². The van der Waals surface area contributed by atoms with Crippen LogP contribution in [-0.2, 0) is 27.4 Å². The number of cyclic esters (lactones) is 1. The zero-order chi connectivity index (χ0) is 24.9. The molecule has 3 amide bonds. The van der Waals surface area contributed by atoms with Crippen LogP contribution in [0.3, 0.4) is 0 Å². The number of carbonyl (C=O) groups is 3. The molecule has 0 spiro atoms. The summed E-state index contributed by atoms with van der Waals surface area (Å²) in [6.45, 7) is 1.51. The highest BCUT2D eigenvalue weighted by atomic mass is 19.1. The van der Waals surface area contributed by atoms with Crippen LogP contribution >= 0.6 is 0 Å². The van der Waals surface area contributed by atoms with Gasteiger partial charge in [0.2, 0.25) is 11.8 Å². The van der Waals surface area contributed by atoms with Gasteiger partial charge < -0.3 is 15.4 Å². The second-order valence-electron chi connectivity index (χ2n) is 8.15. The lowest BCUT2D eigenvalue weighted by Gasteiger charge is -2.24. The largest absolute Gasteiger partial charge is 0.438 e. The molecule has 3 aromatic rings. The molecule has 1 aliphatic rings. The summed E-state index contributed by atoms with van der Waals surface area (Å²) in [7, 11) is 0. The Hall–Kier alpha value is -4.27. The molecule has 3 aromatic carbocycles. The Morgan fingerprint density at radius 2 is 1.57 bits per heavy atom. The van der Waals surface area contributed by atoms with E-state index in [1.807, 2.05) is 0 Å². The molecular weight excluding hydrogens is 456 g/mol. The number of benzene rings is 3. The molecule has 0 aliphatic carbocycles. The number of hydrogen-bond donors (Lipinski definition) is 2. The van der Waals surface area contributed by atoms with Crippen LogP contribution in [0.2, 0.25) is 0 Å². The summed E-state index contributed by atoms with van der Waals surface area (Å²) in [5.74, 6) is -1.55. The Morgan fingerprint density at radius 3 is 2.20 bits per heavy atom. The van der Waals surface area contributed by atoms with E-state index in [4.69, 9.17) is 4.74 Å². The van der Waals surface area contributed by atoms with Crippen molar-refractivity contribution in [2.24, 2.45) is 0 Å². The van der Waals surface area contributed by atoms with Gasteiger partial charge in [-0.05, 0) is 53.1 Å². The molecule has 4 rings (SSSR count). The summed E-state index contributed by atoms with van der Waals surface area (Å²) in [4.78, 5) is 39.0. The van der Waals surface area contributed by atoms with Gasteiger partial charge in [0.1, 0.15) is 11.6 Å². The SMILES string of the molecule is CC(=O)Nc1cccc(C2OC(=O)N(Cc3ccc(F)cc3)C2C(=O)NCc2ccc(F)cc2)c1. The Bertz CT molecular complexity index is 1230. The fourth-order valence-corrected chi connectivity index (χ4v) is 3.89. The van der Waals surface area contributed by atoms with E-state index in [-0.39, 0.29) is 24.8 Å². The first kappa shape index (κ1) is 23.9. The molecule has 1 fully saturated rings. The van der Waals surface area contributed by atoms with Gasteiger partial charge in [-0.2, -0.15) is 0 Å². The molecule has 2 atom stereocenters. The Morgan fingerprint density at radius 1 is 0.943 bits per heavy atom. The number of hydrogen-bond acceptors (Lipinski definition) is 4. The third-order valence-corrected chi connectivity index (χ3v) is 5.54. The van der Waals surface area contributed by atoms with Crippen molar-refractivity contribution in [3.8, 4) is 0 Å². The number of rotatable bonds is 7. The van der Waals surface area contributed by atoms with Crippen molar-refractivity contribution in [1.29, 1.82) is 0 Å². The van der Waals surface area contributed by atoms with Crippen LogP contribution in [0.1, 0.15) is 29.7 Å². The highest BCUT2D eigenvalue weighted by molar-refractivity contribution is 5.90. The lowest BCUT2D eigenvalue weighted by molar-refractivity contribution is -0.126. The van der Waals surface area contributed by atoms with Crippen LogP contribution in [0.4, 0.5) is 19.3 Å². The number of halogens is 2. The van der Waals surface area contributed by atoms with Gasteiger partial charge in [0.05, 0.1) is 6.54 Å². The standard InChI is InChI=1S/C26H23F2N3O4/c1-16(32)30-22-4-2-3-19(13-22)24-23(25(33)29-14-17-5-9-20(27)10-6-17)31(26(34)35-24)15-18-7-11-21(28)12-8-18/h2-13,23-24H,14-15H2,1H3,(H,29,33)(H,30,32). The van der Waals surface area contributed by atoms with E-state index in [1.165, 1.54) is 48.2 Å². The Kier molecular flexibility index (Phi) is 7.05. The van der Waals surface area contributed by atoms with Crippen molar-refractivity contribution in [3.05, 3.63) is 101 Å². The average Bonchev–Trinajstić information content (AvgIpc) is 3.15. The lowest BCUT2D eigenvalue weighted by atomic mass is 10.00. The first-order chi connectivity index (χ1) is 16.8. The molecule has 0 saturated carbocycles. The van der Waals surface area contributed by atoms with Crippen molar-refractivity contribution < 1.29 is 27.9 Å². The molecule has 1 heterocycles. The zero-order valence-electron chi connectivity index (χ0n) is 18.8. The maximum Gasteiger partial charge on any atom is 0.411 e. The molecule has 1 aliphatic heterocycles. The minimum atomic E-state index is -1.04. The number of nitrogens with zero attached hydrogens (tertiary/aromatic N) is 1. The van der Waals surface area contributed by atoms with Crippen LogP contribution < -0.4 is 10.6 Å². The normalized spacial score (nSPS) is 17.1. The van der Waals surface area contributed by atoms with E-state index in [0.717, 1.165) is 0 Å². The fraction of sp³-hybridized carbons (Fsp3) is 0.192. The van der Waals surface area contributed by atoms with E-state index >= 15 is 0 Å². The molecule has 9 heteroatoms. The van der Waals surface area contributed by atoms with Crippen LogP contribution in [-0.4, -0.2) is 28.8 Å². The molecule has 35 heavy (non-hydrogen) atoms. The summed E-state index contributed by atoms with van der Waals surface area (Å²) >= 11 is 0. The quantitative estimate of drug-likeness (QED) is 0.529. The minimum Gasteiger partial charge on any atom is -0.438 e. The van der Waals surface area contributed by atoms with Gasteiger partial charge in [-0.25, -0.2) is 13.6 Å². The summed E-state index contributed by atoms with van der Waals surface area (Å²) in [6.07, 6.45) is -1.66. The molecule has 1 saturated heterocycles. The van der Waals surface area contributed by atoms with Gasteiger partial charge >= 0.3 is 6.09 Å². The number of amides is 3. The maximum absolute atomic E-state index is 13.4. The average molecular weight is 479 g/mol. The summed E-state index contributed by atoms with van der Waals surface area (Å²) in [6, 6.07) is 17.0. The third kappa shape index (κ3) is 5.81. The Balaban J connectivity index is 1.61. The van der Waals surface area contributed by atoms with E-state index in [9.17, 15) is 23.2 Å². The van der Waals surface area contributed by atoms with Crippen LogP contribution in [0.15, 0.2) is 72.8 Å². The first-order valence-corrected chi connectivity index (χ1v) is 10.9. The molecule has 0 bridgehead atoms. The second-order valence-corrected chi connectivity index (χ2v) is 8.15. The third-order valence-electron chi connectivity index (χ3n) is 5.54. The zero-order valence-corrected chi connectivity index (χ0v) is 18.8. The Labute approximate surface area is 200 Å². The maximum atomic E-state index is 13.4. The predicted molar refractivity (Wildman–Crippen MR) is 124 cm³/mol. The molecule has 2 unspecified atom stereocenters. The first-order valence-electron chi connectivity index (χ1n) is 10.9. The van der Waals surface area contributed by atoms with Gasteiger partial charge in [0.15, 0.2) is 12.1 Å². The molecule has 180 valence electrons. The minimum absolute atomic E-state index is 0.0234. The number of carbonyl (C=O) groups excluding carboxylic acids is 3. The van der Waals surface area contributed by atoms with Crippen molar-refractivity contribution in [2.75, 3.05) is 5.32 Å². The molecule has 0 aromatic heterocycles. The summed E-state index contributed by atoms with van der Waals surface area (Å²) < 4.78 is 32.2. The molecule has 7 nitrogen and oxygen atoms in total. The number of ether oxygens (including phenoxy) is 1. The van der Waals surface area contributed by atoms with Crippen LogP contribution in [0.5, 0.6) is 0 Å². The van der Waals surface area contributed by atoms with E-state index in [1.54, 1.807) is 36.4 Å². The highest BCUT2D eigenvalue weighted by Gasteiger charge is 2.47. The van der Waals surface area contributed by atoms with Crippen molar-refractivity contribution >= 4 is 23.6 Å². The van der Waals surface area contributed by atoms with Crippen molar-refractivity contribution in [2.45, 2.75) is 32.2 Å². The molecular formula is C26H23F2N3O4. The van der Waals surface area contributed by atoms with E-state index < -0.39 is 30.0 Å². The van der Waals surface area contributed by atoms with Gasteiger partial charge in [0, 0.05) is 19.2 Å². The van der Waals surface area contributed by atoms with Gasteiger partial charge in [-0.1, -0.05) is 36.4 Å². The van der Waals surface area contributed by atoms with Crippen molar-refractivity contribution in [3.63, 3.8) is 0 Å². The predicted octanol–water partition coefficient (Wildman–Crippen LogP) is 4.30. The van der Waals surface area contributed by atoms with Gasteiger partial charge in [-0.15, -0.1) is 0 Å². The van der Waals surface area contributed by atoms with Crippen LogP contribution in [0.25, 0.3) is 0 Å². The van der Waals surface area contributed by atoms with Gasteiger partial charge in [-0.3, -0.25) is 14.5 Å². The van der Waals surface area contributed by atoms with Crippen molar-refractivity contribution in [1.82, 2.24) is 10.2 Å². The van der Waals surface area contributed by atoms with E-state index in [0.29, 0.717) is 22.4 Å².